The molecule has 0 saturated heterocycles. The quantitative estimate of drug-likeness (QED) is 0.509. The summed E-state index contributed by atoms with van der Waals surface area (Å²) < 4.78 is 38.8. The molecule has 0 spiro atoms. The number of hydrogen-bond acceptors (Lipinski definition) is 2. The number of nitrogens with one attached hydrogen (secondary N) is 1. The lowest BCUT2D eigenvalue weighted by molar-refractivity contribution is 0.0502. The molecule has 0 aromatic heterocycles. The Morgan fingerprint density at radius 1 is 1.50 bits per heavy atom. The van der Waals surface area contributed by atoms with E-state index in [1.54, 1.807) is 0 Å². The van der Waals surface area contributed by atoms with Crippen LogP contribution in [-0.2, 0) is 6.42 Å². The molecule has 3 N–H and O–H groups in total. The molecule has 1 aromatic carbocycles. The Bertz CT molecular complexity index is 370. The van der Waals surface area contributed by atoms with E-state index >= 15 is 0 Å². The molecule has 0 heterocycles. The number of hydrogen-bond donors (Lipinski definition) is 2. The summed E-state index contributed by atoms with van der Waals surface area (Å²) in [7, 11) is 0. The zero-order valence-electron chi connectivity index (χ0n) is 7.98. The number of benzene rings is 1. The first-order valence-corrected chi connectivity index (χ1v) is 5.48. The van der Waals surface area contributed by atoms with Crippen LogP contribution in [0, 0.1) is 5.82 Å². The second kappa shape index (κ2) is 5.35. The lowest BCUT2D eigenvalue weighted by atomic mass is 10.1. The molecule has 0 aliphatic carbocycles. The van der Waals surface area contributed by atoms with Crippen LogP contribution in [0.15, 0.2) is 22.7 Å². The molecule has 0 aliphatic rings. The van der Waals surface area contributed by atoms with E-state index in [2.05, 4.69) is 15.9 Å². The van der Waals surface area contributed by atoms with Crippen molar-refractivity contribution in [3.63, 3.8) is 0 Å². The van der Waals surface area contributed by atoms with Crippen LogP contribution in [0.5, 0.6) is 0 Å². The number of rotatable bonds is 4. The minimum atomic E-state index is -3.47. The van der Waals surface area contributed by atoms with Gasteiger partial charge in [-0.25, -0.2) is 9.82 Å². The van der Waals surface area contributed by atoms with Gasteiger partial charge in [0.1, 0.15) is 11.9 Å². The van der Waals surface area contributed by atoms with Gasteiger partial charge in [0.05, 0.1) is 0 Å². The molecule has 0 fully saturated rings. The van der Waals surface area contributed by atoms with E-state index in [9.17, 15) is 13.2 Å². The number of alkyl halides is 3. The number of hydrazine groups is 1. The second-order valence-corrected chi connectivity index (χ2v) is 4.56. The lowest BCUT2D eigenvalue weighted by Crippen LogP contribution is -2.47. The molecule has 1 unspecified atom stereocenters. The molecule has 0 bridgehead atoms. The van der Waals surface area contributed by atoms with Crippen molar-refractivity contribution in [1.29, 1.82) is 0 Å². The third-order valence-electron chi connectivity index (χ3n) is 2.04. The Morgan fingerprint density at radius 2 is 2.12 bits per heavy atom. The molecular weight excluding hydrogens is 308 g/mol. The van der Waals surface area contributed by atoms with Gasteiger partial charge in [0.15, 0.2) is 0 Å². The molecule has 90 valence electrons. The molecule has 1 rings (SSSR count). The smallest absolute Gasteiger partial charge is 0.271 e. The first-order chi connectivity index (χ1) is 7.34. The van der Waals surface area contributed by atoms with Crippen molar-refractivity contribution in [2.45, 2.75) is 17.8 Å². The lowest BCUT2D eigenvalue weighted by Gasteiger charge is -2.21. The van der Waals surface area contributed by atoms with Crippen molar-refractivity contribution in [2.75, 3.05) is 0 Å². The SMILES string of the molecule is NNC(Cc1ccc(F)cc1Br)C(F)(F)Cl. The predicted octanol–water partition coefficient (Wildman–Crippen LogP) is 2.79. The van der Waals surface area contributed by atoms with Crippen LogP contribution in [0.3, 0.4) is 0 Å². The van der Waals surface area contributed by atoms with Gasteiger partial charge < -0.3 is 0 Å². The van der Waals surface area contributed by atoms with Gasteiger partial charge in [-0.05, 0) is 35.7 Å². The first-order valence-electron chi connectivity index (χ1n) is 4.31. The van der Waals surface area contributed by atoms with Crippen LogP contribution in [0.25, 0.3) is 0 Å². The Kier molecular flexibility index (Phi) is 4.61. The molecule has 0 radical (unpaired) electrons. The third-order valence-corrected chi connectivity index (χ3v) is 3.04. The van der Waals surface area contributed by atoms with Gasteiger partial charge in [-0.1, -0.05) is 22.0 Å². The average molecular weight is 318 g/mol. The van der Waals surface area contributed by atoms with E-state index in [-0.39, 0.29) is 6.42 Å². The van der Waals surface area contributed by atoms with Gasteiger partial charge in [0, 0.05) is 4.47 Å². The highest BCUT2D eigenvalue weighted by molar-refractivity contribution is 9.10. The fraction of sp³-hybridized carbons (Fsp3) is 0.333. The van der Waals surface area contributed by atoms with Crippen molar-refractivity contribution in [3.05, 3.63) is 34.1 Å². The van der Waals surface area contributed by atoms with Crippen LogP contribution in [-0.4, -0.2) is 11.4 Å². The summed E-state index contributed by atoms with van der Waals surface area (Å²) in [5, 5.41) is -3.47. The van der Waals surface area contributed by atoms with E-state index in [4.69, 9.17) is 17.4 Å². The van der Waals surface area contributed by atoms with E-state index in [0.29, 0.717) is 10.0 Å². The Hall–Kier alpha value is -0.300. The molecule has 0 amide bonds. The maximum absolute atomic E-state index is 12.8. The fourth-order valence-corrected chi connectivity index (χ4v) is 1.83. The number of nitrogens with two attached hydrogens (primary N) is 1. The monoisotopic (exact) mass is 316 g/mol. The van der Waals surface area contributed by atoms with E-state index in [1.807, 2.05) is 5.43 Å². The Balaban J connectivity index is 2.86. The highest BCUT2D eigenvalue weighted by Crippen LogP contribution is 2.28. The summed E-state index contributed by atoms with van der Waals surface area (Å²) in [5.41, 5.74) is 2.43. The van der Waals surface area contributed by atoms with Crippen molar-refractivity contribution in [2.24, 2.45) is 5.84 Å². The van der Waals surface area contributed by atoms with Gasteiger partial charge in [0.25, 0.3) is 0 Å². The zero-order chi connectivity index (χ0) is 12.3. The molecule has 0 saturated carbocycles. The van der Waals surface area contributed by atoms with Gasteiger partial charge in [-0.15, -0.1) is 0 Å². The van der Waals surface area contributed by atoms with Crippen LogP contribution in [0.4, 0.5) is 13.2 Å². The Morgan fingerprint density at radius 3 is 2.56 bits per heavy atom. The summed E-state index contributed by atoms with van der Waals surface area (Å²) in [6, 6.07) is 2.35. The predicted molar refractivity (Wildman–Crippen MR) is 59.7 cm³/mol. The van der Waals surface area contributed by atoms with Crippen molar-refractivity contribution < 1.29 is 13.2 Å². The molecule has 1 atom stereocenters. The largest absolute Gasteiger partial charge is 0.338 e. The van der Waals surface area contributed by atoms with Crippen molar-refractivity contribution in [3.8, 4) is 0 Å². The van der Waals surface area contributed by atoms with E-state index in [0.717, 1.165) is 0 Å². The normalized spacial score (nSPS) is 13.9. The van der Waals surface area contributed by atoms with E-state index < -0.39 is 17.2 Å². The van der Waals surface area contributed by atoms with Crippen LogP contribution in [0.1, 0.15) is 5.56 Å². The number of halogens is 5. The van der Waals surface area contributed by atoms with Crippen LogP contribution >= 0.6 is 27.5 Å². The van der Waals surface area contributed by atoms with Crippen molar-refractivity contribution >= 4 is 27.5 Å². The zero-order valence-corrected chi connectivity index (χ0v) is 10.3. The minimum Gasteiger partial charge on any atom is -0.271 e. The standard InChI is InChI=1S/C9H9BrClF3N2/c10-7-4-6(12)2-1-5(7)3-8(16-15)9(11,13)14/h1-2,4,8,16H,3,15H2. The average Bonchev–Trinajstić information content (AvgIpc) is 2.14. The summed E-state index contributed by atoms with van der Waals surface area (Å²) >= 11 is 7.94. The maximum atomic E-state index is 12.8. The van der Waals surface area contributed by atoms with E-state index in [1.165, 1.54) is 18.2 Å². The molecule has 2 nitrogen and oxygen atoms in total. The van der Waals surface area contributed by atoms with Gasteiger partial charge in [-0.3, -0.25) is 5.84 Å². The molecule has 16 heavy (non-hydrogen) atoms. The Labute approximate surface area is 104 Å². The van der Waals surface area contributed by atoms with Gasteiger partial charge in [-0.2, -0.15) is 8.78 Å². The molecule has 7 heteroatoms. The van der Waals surface area contributed by atoms with Gasteiger partial charge in [0.2, 0.25) is 0 Å². The fourth-order valence-electron chi connectivity index (χ4n) is 1.18. The van der Waals surface area contributed by atoms with Crippen molar-refractivity contribution in [1.82, 2.24) is 5.43 Å². The molecule has 0 aliphatic heterocycles. The summed E-state index contributed by atoms with van der Waals surface area (Å²) in [6.07, 6.45) is -0.117. The highest BCUT2D eigenvalue weighted by atomic mass is 79.9. The topological polar surface area (TPSA) is 38.0 Å². The van der Waals surface area contributed by atoms with Gasteiger partial charge >= 0.3 is 5.38 Å². The second-order valence-electron chi connectivity index (χ2n) is 3.20. The first kappa shape index (κ1) is 13.8. The minimum absolute atomic E-state index is 0.117. The summed E-state index contributed by atoms with van der Waals surface area (Å²) in [4.78, 5) is 0. The summed E-state index contributed by atoms with van der Waals surface area (Å²) in [5.74, 6) is 4.53. The molecule has 1 aromatic rings. The highest BCUT2D eigenvalue weighted by Gasteiger charge is 2.36. The van der Waals surface area contributed by atoms with Crippen LogP contribution < -0.4 is 11.3 Å². The molecular formula is C9H9BrClF3N2. The third kappa shape index (κ3) is 3.62. The van der Waals surface area contributed by atoms with Crippen LogP contribution in [0.2, 0.25) is 0 Å². The summed E-state index contributed by atoms with van der Waals surface area (Å²) in [6.45, 7) is 0. The maximum Gasteiger partial charge on any atom is 0.338 e.